The summed E-state index contributed by atoms with van der Waals surface area (Å²) >= 11 is 0. The monoisotopic (exact) mass is 626 g/mol. The van der Waals surface area contributed by atoms with Crippen molar-refractivity contribution in [2.45, 2.75) is 52.4 Å². The minimum atomic E-state index is -4.39. The zero-order chi connectivity index (χ0) is 32.5. The van der Waals surface area contributed by atoms with Gasteiger partial charge in [-0.3, -0.25) is 14.9 Å². The molecule has 3 aromatic carbocycles. The zero-order valence-corrected chi connectivity index (χ0v) is 25.8. The first-order chi connectivity index (χ1) is 20.6. The van der Waals surface area contributed by atoms with Gasteiger partial charge < -0.3 is 34.8 Å². The van der Waals surface area contributed by atoms with E-state index in [-0.39, 0.29) is 29.7 Å². The highest BCUT2D eigenvalue weighted by atomic mass is 31.2. The summed E-state index contributed by atoms with van der Waals surface area (Å²) in [6.45, 7) is 7.92. The van der Waals surface area contributed by atoms with Crippen molar-refractivity contribution in [3.05, 3.63) is 78.4 Å². The van der Waals surface area contributed by atoms with Crippen molar-refractivity contribution in [2.24, 2.45) is 0 Å². The van der Waals surface area contributed by atoms with Crippen molar-refractivity contribution in [3.8, 4) is 11.5 Å². The highest BCUT2D eigenvalue weighted by Gasteiger charge is 2.41. The maximum Gasteiger partial charge on any atom is 0.453 e. The molecular formula is C30H35N4O9P. The quantitative estimate of drug-likeness (QED) is 0.150. The Balaban J connectivity index is 1.91. The molecule has 0 radical (unpaired) electrons. The van der Waals surface area contributed by atoms with Gasteiger partial charge in [0.15, 0.2) is 5.78 Å². The van der Waals surface area contributed by atoms with E-state index >= 15 is 0 Å². The molecule has 14 heteroatoms. The van der Waals surface area contributed by atoms with E-state index in [2.05, 4.69) is 21.3 Å². The van der Waals surface area contributed by atoms with Crippen LogP contribution < -0.4 is 30.3 Å². The Labute approximate surface area is 254 Å². The molecule has 13 nitrogen and oxygen atoms in total. The second-order valence-electron chi connectivity index (χ2n) is 10.6. The molecule has 0 spiro atoms. The first-order valence-corrected chi connectivity index (χ1v) is 15.0. The Bertz CT molecular complexity index is 1450. The van der Waals surface area contributed by atoms with Gasteiger partial charge >= 0.3 is 19.8 Å². The maximum atomic E-state index is 14.5. The van der Waals surface area contributed by atoms with E-state index in [1.165, 1.54) is 62.4 Å². The van der Waals surface area contributed by atoms with Crippen LogP contribution in [0.1, 0.15) is 40.2 Å². The number of hydrogen-bond donors (Lipinski definition) is 5. The van der Waals surface area contributed by atoms with E-state index < -0.39 is 31.2 Å². The number of anilines is 3. The third-order valence-electron chi connectivity index (χ3n) is 5.51. The Kier molecular flexibility index (Phi) is 11.0. The molecule has 44 heavy (non-hydrogen) atoms. The fourth-order valence-corrected chi connectivity index (χ4v) is 5.62. The van der Waals surface area contributed by atoms with Gasteiger partial charge in [0.05, 0.1) is 0 Å². The van der Waals surface area contributed by atoms with Gasteiger partial charge in [-0.05, 0) is 87.0 Å². The molecule has 3 rings (SSSR count). The van der Waals surface area contributed by atoms with Crippen molar-refractivity contribution in [2.75, 3.05) is 16.0 Å². The first-order valence-electron chi connectivity index (χ1n) is 13.4. The number of benzene rings is 3. The van der Waals surface area contributed by atoms with Crippen LogP contribution in [0.15, 0.2) is 72.8 Å². The average molecular weight is 627 g/mol. The maximum absolute atomic E-state index is 14.5. The highest BCUT2D eigenvalue weighted by molar-refractivity contribution is 7.55. The molecule has 0 aliphatic carbocycles. The van der Waals surface area contributed by atoms with Crippen molar-refractivity contribution < 1.29 is 42.6 Å². The average Bonchev–Trinajstić information content (AvgIpc) is 2.90. The molecule has 0 aromatic heterocycles. The molecule has 0 aliphatic rings. The summed E-state index contributed by atoms with van der Waals surface area (Å²) in [6.07, 6.45) is -2.23. The van der Waals surface area contributed by atoms with Crippen molar-refractivity contribution >= 4 is 48.7 Å². The summed E-state index contributed by atoms with van der Waals surface area (Å²) < 4.78 is 31.5. The van der Waals surface area contributed by atoms with Crippen LogP contribution in [-0.2, 0) is 25.3 Å². The molecular weight excluding hydrogens is 591 g/mol. The van der Waals surface area contributed by atoms with Crippen LogP contribution in [0.2, 0.25) is 0 Å². The van der Waals surface area contributed by atoms with Gasteiger partial charge in [0.1, 0.15) is 17.1 Å². The predicted molar refractivity (Wildman–Crippen MR) is 165 cm³/mol. The van der Waals surface area contributed by atoms with E-state index in [1.807, 2.05) is 0 Å². The fourth-order valence-electron chi connectivity index (χ4n) is 3.80. The lowest BCUT2D eigenvalue weighted by Gasteiger charge is -2.27. The SMILES string of the molecule is CC(=O)Nc1ccc(OP(=O)(Oc2ccc(NC(C)=O)cc2)C(Cc2ccc(NC(=O)OC(C)(C)C)cc2)NC(=O)O)cc1. The summed E-state index contributed by atoms with van der Waals surface area (Å²) in [6, 6.07) is 18.3. The summed E-state index contributed by atoms with van der Waals surface area (Å²) in [4.78, 5) is 46.7. The number of amides is 4. The Morgan fingerprint density at radius 2 is 1.14 bits per heavy atom. The lowest BCUT2D eigenvalue weighted by atomic mass is 10.1. The van der Waals surface area contributed by atoms with Gasteiger partial charge in [-0.25, -0.2) is 14.2 Å². The number of carboxylic acid groups (broad SMARTS) is 1. The normalized spacial score (nSPS) is 11.8. The Hall–Kier alpha value is -5.03. The molecule has 5 N–H and O–H groups in total. The largest absolute Gasteiger partial charge is 0.465 e. The van der Waals surface area contributed by atoms with Gasteiger partial charge in [0.25, 0.3) is 0 Å². The van der Waals surface area contributed by atoms with Crippen molar-refractivity contribution in [3.63, 3.8) is 0 Å². The molecule has 3 aromatic rings. The fraction of sp³-hybridized carbons (Fsp3) is 0.267. The lowest BCUT2D eigenvalue weighted by Crippen LogP contribution is -2.37. The third kappa shape index (κ3) is 11.0. The number of hydrogen-bond acceptors (Lipinski definition) is 8. The van der Waals surface area contributed by atoms with Gasteiger partial charge in [-0.15, -0.1) is 0 Å². The second-order valence-corrected chi connectivity index (χ2v) is 12.7. The minimum absolute atomic E-state index is 0.0893. The van der Waals surface area contributed by atoms with Gasteiger partial charge in [0, 0.05) is 37.3 Å². The number of ether oxygens (including phenoxy) is 1. The van der Waals surface area contributed by atoms with Crippen LogP contribution in [-0.4, -0.2) is 40.5 Å². The number of nitrogens with one attached hydrogen (secondary N) is 4. The van der Waals surface area contributed by atoms with Crippen LogP contribution >= 0.6 is 7.60 Å². The molecule has 234 valence electrons. The van der Waals surface area contributed by atoms with E-state index in [0.29, 0.717) is 22.6 Å². The van der Waals surface area contributed by atoms with Crippen LogP contribution in [0.3, 0.4) is 0 Å². The van der Waals surface area contributed by atoms with E-state index in [9.17, 15) is 28.8 Å². The number of carbonyl (C=O) groups excluding carboxylic acids is 3. The Morgan fingerprint density at radius 3 is 1.52 bits per heavy atom. The molecule has 0 bridgehead atoms. The zero-order valence-electron chi connectivity index (χ0n) is 24.9. The standard InChI is InChI=1S/C30H35N4O9P/c1-19(35)31-22-10-14-25(15-11-22)42-44(40,43-26-16-12-23(13-17-26)32-20(2)36)27(34-28(37)38)18-21-6-8-24(9-7-21)33-29(39)41-30(3,4)5/h6-17,27,34H,18H2,1-5H3,(H,31,35)(H,32,36)(H,33,39)(H,37,38). The first kappa shape index (κ1) is 33.5. The van der Waals surface area contributed by atoms with Crippen LogP contribution in [0.4, 0.5) is 26.7 Å². The molecule has 0 fully saturated rings. The van der Waals surface area contributed by atoms with E-state index in [0.717, 1.165) is 0 Å². The smallest absolute Gasteiger partial charge is 0.453 e. The summed E-state index contributed by atoms with van der Waals surface area (Å²) in [5.41, 5.74) is 1.23. The minimum Gasteiger partial charge on any atom is -0.465 e. The van der Waals surface area contributed by atoms with E-state index in [1.54, 1.807) is 45.0 Å². The highest BCUT2D eigenvalue weighted by Crippen LogP contribution is 2.53. The molecule has 0 saturated carbocycles. The van der Waals surface area contributed by atoms with E-state index in [4.69, 9.17) is 13.8 Å². The number of rotatable bonds is 11. The molecule has 0 saturated heterocycles. The van der Waals surface area contributed by atoms with Crippen molar-refractivity contribution in [1.29, 1.82) is 0 Å². The molecule has 4 amide bonds. The molecule has 1 unspecified atom stereocenters. The number of carbonyl (C=O) groups is 4. The predicted octanol–water partition coefficient (Wildman–Crippen LogP) is 6.44. The van der Waals surface area contributed by atoms with Gasteiger partial charge in [-0.1, -0.05) is 12.1 Å². The molecule has 1 atom stereocenters. The van der Waals surface area contributed by atoms with Gasteiger partial charge in [-0.2, -0.15) is 0 Å². The van der Waals surface area contributed by atoms with Crippen molar-refractivity contribution in [1.82, 2.24) is 5.32 Å². The summed E-state index contributed by atoms with van der Waals surface area (Å²) in [7, 11) is -4.39. The summed E-state index contributed by atoms with van der Waals surface area (Å²) in [5, 5.41) is 19.7. The second kappa shape index (κ2) is 14.4. The lowest BCUT2D eigenvalue weighted by molar-refractivity contribution is -0.115. The summed E-state index contributed by atoms with van der Waals surface area (Å²) in [5.74, 6) is -1.78. The van der Waals surface area contributed by atoms with Crippen LogP contribution in [0, 0.1) is 0 Å². The van der Waals surface area contributed by atoms with Crippen LogP contribution in [0.25, 0.3) is 0 Å². The Morgan fingerprint density at radius 1 is 0.727 bits per heavy atom. The van der Waals surface area contributed by atoms with Crippen LogP contribution in [0.5, 0.6) is 11.5 Å². The topological polar surface area (TPSA) is 181 Å². The third-order valence-corrected chi connectivity index (χ3v) is 7.52. The molecule has 0 heterocycles. The molecule has 0 aliphatic heterocycles. The van der Waals surface area contributed by atoms with Gasteiger partial charge in [0.2, 0.25) is 11.8 Å².